The number of ether oxygens (including phenoxy) is 1. The molecule has 1 amide bonds. The van der Waals surface area contributed by atoms with Gasteiger partial charge in [-0.2, -0.15) is 0 Å². The molecule has 2 aliphatic heterocycles. The van der Waals surface area contributed by atoms with E-state index < -0.39 is 5.72 Å². The topological polar surface area (TPSA) is 77.6 Å². The van der Waals surface area contributed by atoms with E-state index in [0.29, 0.717) is 17.5 Å². The summed E-state index contributed by atoms with van der Waals surface area (Å²) in [6.07, 6.45) is 12.5. The number of fused-ring (bicyclic) bond motifs is 4. The second-order valence-corrected chi connectivity index (χ2v) is 10.4. The third kappa shape index (κ3) is 2.98. The van der Waals surface area contributed by atoms with Crippen molar-refractivity contribution >= 4 is 28.5 Å². The lowest BCUT2D eigenvalue weighted by atomic mass is 9.76. The molecule has 170 valence electrons. The van der Waals surface area contributed by atoms with Crippen LogP contribution in [0.2, 0.25) is 0 Å². The number of primary amides is 1. The predicted octanol–water partition coefficient (Wildman–Crippen LogP) is 4.69. The molecule has 0 unspecified atom stereocenters. The highest BCUT2D eigenvalue weighted by Crippen LogP contribution is 2.46. The third-order valence-corrected chi connectivity index (χ3v) is 8.64. The number of carbonyl (C=O) groups is 2. The van der Waals surface area contributed by atoms with E-state index in [-0.39, 0.29) is 17.9 Å². The minimum Gasteiger partial charge on any atom is -0.434 e. The number of benzene rings is 1. The largest absolute Gasteiger partial charge is 0.434 e. The van der Waals surface area contributed by atoms with Crippen molar-refractivity contribution in [2.75, 3.05) is 11.4 Å². The van der Waals surface area contributed by atoms with Gasteiger partial charge in [0.15, 0.2) is 5.72 Å². The number of esters is 1. The van der Waals surface area contributed by atoms with E-state index in [1.165, 1.54) is 38.5 Å². The number of nitrogens with two attached hydrogens (primary N) is 1. The summed E-state index contributed by atoms with van der Waals surface area (Å²) in [5.41, 5.74) is 8.20. The van der Waals surface area contributed by atoms with Crippen LogP contribution in [0.4, 0.5) is 5.69 Å². The summed E-state index contributed by atoms with van der Waals surface area (Å²) in [7, 11) is 0. The first kappa shape index (κ1) is 20.1. The second-order valence-electron chi connectivity index (χ2n) is 10.4. The Hall–Kier alpha value is -2.50. The number of amides is 1. The van der Waals surface area contributed by atoms with Gasteiger partial charge in [0.1, 0.15) is 11.7 Å². The average Bonchev–Trinajstić information content (AvgIpc) is 3.48. The van der Waals surface area contributed by atoms with Crippen LogP contribution in [-0.2, 0) is 15.3 Å². The molecule has 4 aliphatic rings. The van der Waals surface area contributed by atoms with Gasteiger partial charge in [0.25, 0.3) is 0 Å². The van der Waals surface area contributed by atoms with E-state index in [9.17, 15) is 9.59 Å². The lowest BCUT2D eigenvalue weighted by molar-refractivity contribution is -0.120. The molecule has 6 heteroatoms. The van der Waals surface area contributed by atoms with Crippen molar-refractivity contribution in [3.8, 4) is 0 Å². The van der Waals surface area contributed by atoms with Crippen molar-refractivity contribution in [3.63, 3.8) is 0 Å². The van der Waals surface area contributed by atoms with Crippen molar-refractivity contribution in [2.45, 2.75) is 82.4 Å². The molecule has 2 aromatic rings. The Morgan fingerprint density at radius 3 is 2.50 bits per heavy atom. The summed E-state index contributed by atoms with van der Waals surface area (Å²) in [6.45, 7) is 0.861. The van der Waals surface area contributed by atoms with E-state index in [2.05, 4.69) is 27.7 Å². The van der Waals surface area contributed by atoms with Gasteiger partial charge in [-0.15, -0.1) is 0 Å². The van der Waals surface area contributed by atoms with Crippen LogP contribution in [0.1, 0.15) is 81.1 Å². The molecule has 6 nitrogen and oxygen atoms in total. The van der Waals surface area contributed by atoms with Crippen LogP contribution in [0.3, 0.4) is 0 Å². The Labute approximate surface area is 189 Å². The molecule has 3 fully saturated rings. The van der Waals surface area contributed by atoms with Gasteiger partial charge < -0.3 is 15.4 Å². The zero-order valence-electron chi connectivity index (χ0n) is 18.7. The molecule has 3 heterocycles. The molecule has 2 N–H and O–H groups in total. The molecule has 32 heavy (non-hydrogen) atoms. The summed E-state index contributed by atoms with van der Waals surface area (Å²) in [4.78, 5) is 27.5. The molecule has 2 saturated carbocycles. The van der Waals surface area contributed by atoms with Crippen molar-refractivity contribution in [3.05, 3.63) is 30.0 Å². The average molecular weight is 436 g/mol. The number of anilines is 1. The zero-order valence-corrected chi connectivity index (χ0v) is 18.7. The highest BCUT2D eigenvalue weighted by molar-refractivity contribution is 5.99. The SMILES string of the molecule is NC(=O)[C@@H]1[C@H](C2CCCCC2)CCN1c1ccc2c(c1)cc1n2C2(CCCCC2)OC1=O. The number of carbonyl (C=O) groups excluding carboxylic acids is 2. The quantitative estimate of drug-likeness (QED) is 0.710. The van der Waals surface area contributed by atoms with E-state index >= 15 is 0 Å². The van der Waals surface area contributed by atoms with Crippen molar-refractivity contribution < 1.29 is 14.3 Å². The van der Waals surface area contributed by atoms with E-state index in [1.807, 2.05) is 6.07 Å². The van der Waals surface area contributed by atoms with E-state index in [1.54, 1.807) is 0 Å². The molecule has 0 bridgehead atoms. The first-order valence-electron chi connectivity index (χ1n) is 12.5. The summed E-state index contributed by atoms with van der Waals surface area (Å²) in [6, 6.07) is 8.09. The lowest BCUT2D eigenvalue weighted by Gasteiger charge is -2.34. The number of aromatic nitrogens is 1. The second kappa shape index (κ2) is 7.53. The number of nitrogens with zero attached hydrogens (tertiary/aromatic N) is 2. The van der Waals surface area contributed by atoms with E-state index in [4.69, 9.17) is 10.5 Å². The van der Waals surface area contributed by atoms with Crippen LogP contribution in [0.15, 0.2) is 24.3 Å². The van der Waals surface area contributed by atoms with Crippen molar-refractivity contribution in [2.24, 2.45) is 17.6 Å². The van der Waals surface area contributed by atoms with Gasteiger partial charge >= 0.3 is 5.97 Å². The normalized spacial score (nSPS) is 27.8. The van der Waals surface area contributed by atoms with Crippen LogP contribution in [0.25, 0.3) is 10.9 Å². The zero-order chi connectivity index (χ0) is 21.9. The van der Waals surface area contributed by atoms with Crippen LogP contribution < -0.4 is 10.6 Å². The van der Waals surface area contributed by atoms with Gasteiger partial charge in [0, 0.05) is 30.5 Å². The predicted molar refractivity (Wildman–Crippen MR) is 123 cm³/mol. The fourth-order valence-electron chi connectivity index (χ4n) is 7.20. The van der Waals surface area contributed by atoms with Gasteiger partial charge in [-0.05, 0) is 55.4 Å². The molecular weight excluding hydrogens is 402 g/mol. The maximum Gasteiger partial charge on any atom is 0.357 e. The number of hydrogen-bond acceptors (Lipinski definition) is 4. The standard InChI is InChI=1S/C26H33N3O3/c27-24(30)23-20(17-7-3-1-4-8-17)11-14-28(23)19-9-10-21-18(15-19)16-22-25(31)32-26(29(21)22)12-5-2-6-13-26/h9-10,15-17,20,23H,1-8,11-14H2,(H2,27,30)/t20-,23-/m0/s1. The van der Waals surface area contributed by atoms with Crippen LogP contribution in [-0.4, -0.2) is 29.0 Å². The Morgan fingerprint density at radius 2 is 1.75 bits per heavy atom. The molecule has 2 aliphatic carbocycles. The molecule has 1 spiro atoms. The highest BCUT2D eigenvalue weighted by Gasteiger charge is 2.47. The van der Waals surface area contributed by atoms with Crippen LogP contribution >= 0.6 is 0 Å². The Balaban J connectivity index is 1.35. The Morgan fingerprint density at radius 1 is 1.00 bits per heavy atom. The summed E-state index contributed by atoms with van der Waals surface area (Å²) < 4.78 is 8.07. The number of rotatable bonds is 3. The molecule has 0 radical (unpaired) electrons. The Kier molecular flexibility index (Phi) is 4.74. The molecule has 6 rings (SSSR count). The van der Waals surface area contributed by atoms with Gasteiger partial charge in [-0.25, -0.2) is 4.79 Å². The lowest BCUT2D eigenvalue weighted by Crippen LogP contribution is -2.46. The minimum absolute atomic E-state index is 0.206. The first-order chi connectivity index (χ1) is 15.6. The maximum atomic E-state index is 12.7. The molecule has 1 saturated heterocycles. The first-order valence-corrected chi connectivity index (χ1v) is 12.5. The molecule has 2 atom stereocenters. The fourth-order valence-corrected chi connectivity index (χ4v) is 7.20. The summed E-state index contributed by atoms with van der Waals surface area (Å²) in [5, 5.41) is 1.04. The smallest absolute Gasteiger partial charge is 0.357 e. The third-order valence-electron chi connectivity index (χ3n) is 8.64. The van der Waals surface area contributed by atoms with Gasteiger partial charge in [0.05, 0.1) is 5.52 Å². The Bertz CT molecular complexity index is 1060. The van der Waals surface area contributed by atoms with Crippen molar-refractivity contribution in [1.29, 1.82) is 0 Å². The molecular formula is C26H33N3O3. The maximum absolute atomic E-state index is 12.7. The highest BCUT2D eigenvalue weighted by atomic mass is 16.6. The molecule has 1 aromatic carbocycles. The van der Waals surface area contributed by atoms with Gasteiger partial charge in [-0.3, -0.25) is 9.36 Å². The summed E-state index contributed by atoms with van der Waals surface area (Å²) >= 11 is 0. The minimum atomic E-state index is -0.511. The van der Waals surface area contributed by atoms with E-state index in [0.717, 1.165) is 55.2 Å². The van der Waals surface area contributed by atoms with Crippen molar-refractivity contribution in [1.82, 2.24) is 4.57 Å². The monoisotopic (exact) mass is 435 g/mol. The number of hydrogen-bond donors (Lipinski definition) is 1. The molecule has 1 aromatic heterocycles. The summed E-state index contributed by atoms with van der Waals surface area (Å²) in [5.74, 6) is 0.540. The van der Waals surface area contributed by atoms with Gasteiger partial charge in [0.2, 0.25) is 5.91 Å². The van der Waals surface area contributed by atoms with Crippen LogP contribution in [0.5, 0.6) is 0 Å². The van der Waals surface area contributed by atoms with Gasteiger partial charge in [-0.1, -0.05) is 38.5 Å². The fraction of sp³-hybridized carbons (Fsp3) is 0.615. The van der Waals surface area contributed by atoms with Crippen LogP contribution in [0, 0.1) is 11.8 Å².